The second kappa shape index (κ2) is 12.1. The number of quaternary nitrogens is 1. The zero-order chi connectivity index (χ0) is 26.3. The van der Waals surface area contributed by atoms with Crippen LogP contribution in [0.15, 0.2) is 91.4 Å². The minimum absolute atomic E-state index is 0.0258. The Balaban J connectivity index is 1.13. The number of hydrogen-bond acceptors (Lipinski definition) is 5. The molecule has 196 valence electrons. The monoisotopic (exact) mass is 511 g/mol. The van der Waals surface area contributed by atoms with Crippen molar-refractivity contribution in [3.8, 4) is 22.8 Å². The van der Waals surface area contributed by atoms with Crippen LogP contribution < -0.4 is 14.4 Å². The van der Waals surface area contributed by atoms with E-state index in [0.717, 1.165) is 65.7 Å². The van der Waals surface area contributed by atoms with Gasteiger partial charge in [-0.3, -0.25) is 9.80 Å². The van der Waals surface area contributed by atoms with Crippen molar-refractivity contribution in [2.45, 2.75) is 32.0 Å². The van der Waals surface area contributed by atoms with Gasteiger partial charge in [-0.1, -0.05) is 42.5 Å². The lowest BCUT2D eigenvalue weighted by atomic mass is 10.0. The highest BCUT2D eigenvalue weighted by Gasteiger charge is 2.31. The molecule has 2 heterocycles. The van der Waals surface area contributed by atoms with E-state index in [0.29, 0.717) is 6.61 Å². The highest BCUT2D eigenvalue weighted by Crippen LogP contribution is 2.22. The third-order valence-electron chi connectivity index (χ3n) is 7.29. The molecule has 0 aliphatic carbocycles. The number of nitrogens with one attached hydrogen (secondary N) is 1. The zero-order valence-corrected chi connectivity index (χ0v) is 22.0. The molecular formula is C31H35N4O3+. The summed E-state index contributed by atoms with van der Waals surface area (Å²) in [4.78, 5) is 21.1. The number of imidazole rings is 1. The average Bonchev–Trinajstić information content (AvgIpc) is 3.47. The normalized spacial score (nSPS) is 15.2. The van der Waals surface area contributed by atoms with Gasteiger partial charge in [-0.15, -0.1) is 0 Å². The Bertz CT molecular complexity index is 1330. The lowest BCUT2D eigenvalue weighted by Crippen LogP contribution is -3.16. The molecule has 1 aliphatic heterocycles. The number of piperidine rings is 1. The van der Waals surface area contributed by atoms with E-state index in [-0.39, 0.29) is 12.1 Å². The van der Waals surface area contributed by atoms with E-state index in [4.69, 9.17) is 9.47 Å². The lowest BCUT2D eigenvalue weighted by molar-refractivity contribution is -0.824. The van der Waals surface area contributed by atoms with Crippen LogP contribution in [-0.4, -0.2) is 53.8 Å². The molecule has 1 atom stereocenters. The molecule has 3 aromatic carbocycles. The van der Waals surface area contributed by atoms with Crippen LogP contribution in [0, 0.1) is 0 Å². The Morgan fingerprint density at radius 1 is 0.947 bits per heavy atom. The second-order valence-electron chi connectivity index (χ2n) is 9.85. The lowest BCUT2D eigenvalue weighted by Gasteiger charge is -2.33. The maximum Gasteiger partial charge on any atom is 0.426 e. The molecule has 1 unspecified atom stereocenters. The van der Waals surface area contributed by atoms with Gasteiger partial charge in [0.25, 0.3) is 0 Å². The summed E-state index contributed by atoms with van der Waals surface area (Å²) >= 11 is 0. The van der Waals surface area contributed by atoms with Crippen molar-refractivity contribution in [1.29, 1.82) is 0 Å². The van der Waals surface area contributed by atoms with E-state index in [9.17, 15) is 4.79 Å². The van der Waals surface area contributed by atoms with Crippen molar-refractivity contribution in [3.05, 3.63) is 103 Å². The Labute approximate surface area is 224 Å². The zero-order valence-electron chi connectivity index (χ0n) is 22.0. The largest absolute Gasteiger partial charge is 0.497 e. The molecule has 0 bridgehead atoms. The predicted octanol–water partition coefficient (Wildman–Crippen LogP) is 4.29. The number of ether oxygens (including phenoxy) is 2. The summed E-state index contributed by atoms with van der Waals surface area (Å²) in [6, 6.07) is 26.5. The Morgan fingerprint density at radius 2 is 1.68 bits per heavy atom. The van der Waals surface area contributed by atoms with Crippen LogP contribution in [0.1, 0.15) is 24.0 Å². The smallest absolute Gasteiger partial charge is 0.426 e. The quantitative estimate of drug-likeness (QED) is 0.383. The van der Waals surface area contributed by atoms with Crippen molar-refractivity contribution < 1.29 is 19.2 Å². The first-order valence-electron chi connectivity index (χ1n) is 13.1. The summed E-state index contributed by atoms with van der Waals surface area (Å²) in [7, 11) is 3.67. The first kappa shape index (κ1) is 25.7. The highest BCUT2D eigenvalue weighted by atomic mass is 16.5. The number of amides is 1. The third kappa shape index (κ3) is 6.30. The minimum Gasteiger partial charge on any atom is -0.497 e. The fourth-order valence-electron chi connectivity index (χ4n) is 4.98. The van der Waals surface area contributed by atoms with Crippen molar-refractivity contribution >= 4 is 6.03 Å². The SMILES string of the molecule is COc1cccc(CN2CCC([NH+](C)C(=O)n3cnc(-c4ccc(OCc5ccccc5)cc4)c3)CC2)c1. The van der Waals surface area contributed by atoms with Gasteiger partial charge in [0.1, 0.15) is 24.4 Å². The van der Waals surface area contributed by atoms with Crippen molar-refractivity contribution in [2.75, 3.05) is 27.2 Å². The number of rotatable bonds is 8. The molecule has 5 rings (SSSR count). The van der Waals surface area contributed by atoms with Crippen LogP contribution in [0.5, 0.6) is 11.5 Å². The molecule has 1 saturated heterocycles. The fraction of sp³-hybridized carbons (Fsp3) is 0.290. The minimum atomic E-state index is 0.0258. The molecule has 1 aliphatic rings. The molecule has 1 N–H and O–H groups in total. The van der Waals surface area contributed by atoms with Crippen LogP contribution in [0.4, 0.5) is 4.79 Å². The number of carbonyl (C=O) groups is 1. The van der Waals surface area contributed by atoms with Crippen LogP contribution >= 0.6 is 0 Å². The van der Waals surface area contributed by atoms with Crippen molar-refractivity contribution in [2.24, 2.45) is 0 Å². The highest BCUT2D eigenvalue weighted by molar-refractivity contribution is 5.70. The predicted molar refractivity (Wildman–Crippen MR) is 147 cm³/mol. The van der Waals surface area contributed by atoms with Gasteiger partial charge in [-0.05, 0) is 47.5 Å². The van der Waals surface area contributed by atoms with E-state index in [1.807, 2.05) is 80.0 Å². The number of methoxy groups -OCH3 is 1. The molecule has 0 spiro atoms. The number of hydrogen-bond donors (Lipinski definition) is 1. The molecule has 1 fully saturated rings. The number of likely N-dealkylation sites (tertiary alicyclic amines) is 1. The van der Waals surface area contributed by atoms with Crippen LogP contribution in [-0.2, 0) is 13.2 Å². The molecule has 7 nitrogen and oxygen atoms in total. The average molecular weight is 512 g/mol. The van der Waals surface area contributed by atoms with E-state index in [1.165, 1.54) is 5.56 Å². The third-order valence-corrected chi connectivity index (χ3v) is 7.29. The molecule has 1 aromatic heterocycles. The van der Waals surface area contributed by atoms with Gasteiger partial charge in [-0.25, -0.2) is 14.3 Å². The molecule has 38 heavy (non-hydrogen) atoms. The van der Waals surface area contributed by atoms with Crippen molar-refractivity contribution in [1.82, 2.24) is 14.5 Å². The number of aromatic nitrogens is 2. The number of nitrogens with zero attached hydrogens (tertiary/aromatic N) is 3. The first-order valence-corrected chi connectivity index (χ1v) is 13.1. The summed E-state index contributed by atoms with van der Waals surface area (Å²) < 4.78 is 12.9. The molecular weight excluding hydrogens is 476 g/mol. The summed E-state index contributed by atoms with van der Waals surface area (Å²) in [6.07, 6.45) is 5.41. The maximum atomic E-state index is 13.2. The second-order valence-corrected chi connectivity index (χ2v) is 9.85. The van der Waals surface area contributed by atoms with Gasteiger partial charge in [0, 0.05) is 44.2 Å². The van der Waals surface area contributed by atoms with Gasteiger partial charge in [0.05, 0.1) is 25.9 Å². The van der Waals surface area contributed by atoms with Crippen LogP contribution in [0.2, 0.25) is 0 Å². The molecule has 0 radical (unpaired) electrons. The standard InChI is InChI=1S/C31H34N4O3/c1-33(27-15-17-34(18-16-27)20-25-9-6-10-29(19-25)37-2)31(36)35-21-30(32-23-35)26-11-13-28(14-12-26)38-22-24-7-4-3-5-8-24/h3-14,19,21,23,27H,15-18,20,22H2,1-2H3/p+1. The Morgan fingerprint density at radius 3 is 2.42 bits per heavy atom. The van der Waals surface area contributed by atoms with E-state index in [2.05, 4.69) is 22.0 Å². The van der Waals surface area contributed by atoms with E-state index >= 15 is 0 Å². The summed E-state index contributed by atoms with van der Waals surface area (Å²) in [6.45, 7) is 3.37. The van der Waals surface area contributed by atoms with Gasteiger partial charge >= 0.3 is 6.03 Å². The first-order chi connectivity index (χ1) is 18.6. The molecule has 0 saturated carbocycles. The van der Waals surface area contributed by atoms with E-state index in [1.54, 1.807) is 18.0 Å². The number of carbonyl (C=O) groups excluding carboxylic acids is 1. The fourth-order valence-corrected chi connectivity index (χ4v) is 4.98. The summed E-state index contributed by atoms with van der Waals surface area (Å²) in [5.74, 6) is 1.69. The molecule has 4 aromatic rings. The summed E-state index contributed by atoms with van der Waals surface area (Å²) in [5.41, 5.74) is 4.10. The van der Waals surface area contributed by atoms with Crippen LogP contribution in [0.3, 0.4) is 0 Å². The Hall–Kier alpha value is -3.94. The molecule has 1 amide bonds. The van der Waals surface area contributed by atoms with Crippen molar-refractivity contribution in [3.63, 3.8) is 0 Å². The molecule has 7 heteroatoms. The van der Waals surface area contributed by atoms with Gasteiger partial charge in [-0.2, -0.15) is 0 Å². The van der Waals surface area contributed by atoms with Gasteiger partial charge < -0.3 is 9.47 Å². The van der Waals surface area contributed by atoms with Gasteiger partial charge in [0.15, 0.2) is 0 Å². The Kier molecular flexibility index (Phi) is 8.16. The topological polar surface area (TPSA) is 61.0 Å². The number of benzene rings is 3. The van der Waals surface area contributed by atoms with Crippen LogP contribution in [0.25, 0.3) is 11.3 Å². The van der Waals surface area contributed by atoms with Gasteiger partial charge in [0.2, 0.25) is 0 Å². The maximum absolute atomic E-state index is 13.2. The van der Waals surface area contributed by atoms with E-state index < -0.39 is 0 Å². The summed E-state index contributed by atoms with van der Waals surface area (Å²) in [5, 5.41) is 0.